The molecule has 2 fully saturated rings. The Balaban J connectivity index is 1.84. The molecule has 0 amide bonds. The number of anilines is 1. The molecule has 156 valence electrons. The first-order valence-electron chi connectivity index (χ1n) is 8.90. The molecule has 14 heteroatoms. The van der Waals surface area contributed by atoms with Crippen molar-refractivity contribution in [3.05, 3.63) is 12.5 Å². The van der Waals surface area contributed by atoms with Crippen LogP contribution < -0.4 is 15.8 Å². The molecule has 0 spiro atoms. The summed E-state index contributed by atoms with van der Waals surface area (Å²) in [4.78, 5) is 15.7. The Morgan fingerprint density at radius 1 is 1.50 bits per heavy atom. The van der Waals surface area contributed by atoms with Gasteiger partial charge in [-0.05, 0) is 19.2 Å². The van der Waals surface area contributed by atoms with Crippen molar-refractivity contribution in [3.63, 3.8) is 0 Å². The Kier molecular flexibility index (Phi) is 5.71. The second-order valence-corrected chi connectivity index (χ2v) is 9.14. The van der Waals surface area contributed by atoms with Gasteiger partial charge in [-0.2, -0.15) is 12.7 Å². The van der Waals surface area contributed by atoms with E-state index < -0.39 is 47.3 Å². The molecule has 2 unspecified atom stereocenters. The number of carboxylic acid groups (broad SMARTS) is 1. The first-order valence-corrected chi connectivity index (χ1v) is 10.3. The smallest absolute Gasteiger partial charge is 0.451 e. The van der Waals surface area contributed by atoms with Crippen molar-refractivity contribution in [3.8, 4) is 0 Å². The monoisotopic (exact) mass is 417 g/mol. The number of nitrogens with zero attached hydrogens (tertiary/aromatic N) is 3. The summed E-state index contributed by atoms with van der Waals surface area (Å²) in [7, 11) is -5.70. The first kappa shape index (κ1) is 21.0. The Morgan fingerprint density at radius 3 is 2.68 bits per heavy atom. The van der Waals surface area contributed by atoms with Gasteiger partial charge in [0, 0.05) is 25.0 Å². The summed E-state index contributed by atoms with van der Waals surface area (Å²) < 4.78 is 33.7. The summed E-state index contributed by atoms with van der Waals surface area (Å²) in [6.45, 7) is -0.540. The third-order valence-corrected chi connectivity index (χ3v) is 7.15. The van der Waals surface area contributed by atoms with Crippen LogP contribution in [0.3, 0.4) is 0 Å². The minimum atomic E-state index is -4.18. The van der Waals surface area contributed by atoms with E-state index in [1.807, 2.05) is 0 Å². The number of oxazole rings is 1. The zero-order valence-corrected chi connectivity index (χ0v) is 15.9. The molecule has 0 aromatic carbocycles. The lowest BCUT2D eigenvalue weighted by Crippen LogP contribution is -2.55. The van der Waals surface area contributed by atoms with Gasteiger partial charge in [0.1, 0.15) is 11.8 Å². The van der Waals surface area contributed by atoms with Crippen LogP contribution in [-0.4, -0.2) is 76.7 Å². The Morgan fingerprint density at radius 2 is 2.18 bits per heavy atom. The van der Waals surface area contributed by atoms with E-state index in [1.54, 1.807) is 0 Å². The van der Waals surface area contributed by atoms with E-state index in [4.69, 9.17) is 25.9 Å². The fourth-order valence-electron chi connectivity index (χ4n) is 3.54. The number of aromatic nitrogens is 1. The van der Waals surface area contributed by atoms with Gasteiger partial charge in [0.05, 0.1) is 12.2 Å². The number of carbonyl (C=O) groups is 1. The molecule has 1 aromatic heterocycles. The van der Waals surface area contributed by atoms with Crippen LogP contribution in [0.1, 0.15) is 19.3 Å². The van der Waals surface area contributed by atoms with Crippen LogP contribution in [0.4, 0.5) is 6.01 Å². The van der Waals surface area contributed by atoms with Crippen LogP contribution in [0.15, 0.2) is 16.9 Å². The summed E-state index contributed by atoms with van der Waals surface area (Å²) in [6.07, 6.45) is 3.54. The molecular weight excluding hydrogens is 393 g/mol. The lowest BCUT2D eigenvalue weighted by atomic mass is 9.78. The lowest BCUT2D eigenvalue weighted by Gasteiger charge is -2.27. The van der Waals surface area contributed by atoms with E-state index in [1.165, 1.54) is 12.5 Å². The van der Waals surface area contributed by atoms with Crippen molar-refractivity contribution in [1.82, 2.24) is 9.29 Å². The quantitative estimate of drug-likeness (QED) is 0.275. The van der Waals surface area contributed by atoms with Crippen molar-refractivity contribution >= 4 is 29.3 Å². The molecule has 12 nitrogen and oxygen atoms in total. The second kappa shape index (κ2) is 7.61. The lowest BCUT2D eigenvalue weighted by molar-refractivity contribution is -0.144. The molecule has 1 aliphatic heterocycles. The van der Waals surface area contributed by atoms with Crippen molar-refractivity contribution < 1.29 is 32.8 Å². The van der Waals surface area contributed by atoms with E-state index in [-0.39, 0.29) is 31.3 Å². The topological polar surface area (TPSA) is 196 Å². The first-order chi connectivity index (χ1) is 13.1. The molecule has 1 aliphatic carbocycles. The summed E-state index contributed by atoms with van der Waals surface area (Å²) in [5.41, 5.74) is 10.1. The van der Waals surface area contributed by atoms with Crippen LogP contribution >= 0.6 is 0 Å². The molecule has 1 saturated heterocycles. The molecule has 7 N–H and O–H groups in total. The predicted octanol–water partition coefficient (Wildman–Crippen LogP) is -2.21. The zero-order valence-electron chi connectivity index (χ0n) is 15.1. The number of nitrogens with two attached hydrogens (primary N) is 2. The number of carboxylic acids is 1. The third-order valence-electron chi connectivity index (χ3n) is 5.29. The SMILES string of the molecule is NC1CC1N(c1ncco1)S(=O)(=O)N1C[C@H](CCCB(O)O)[C@](N)(C(=O)O)C1. The van der Waals surface area contributed by atoms with Crippen molar-refractivity contribution in [2.45, 2.75) is 43.2 Å². The maximum absolute atomic E-state index is 13.3. The van der Waals surface area contributed by atoms with Gasteiger partial charge in [0.25, 0.3) is 0 Å². The van der Waals surface area contributed by atoms with Crippen LogP contribution in [0.25, 0.3) is 0 Å². The molecule has 2 aliphatic rings. The van der Waals surface area contributed by atoms with Crippen molar-refractivity contribution in [1.29, 1.82) is 0 Å². The molecule has 1 saturated carbocycles. The summed E-state index contributed by atoms with van der Waals surface area (Å²) >= 11 is 0. The average Bonchev–Trinajstić information content (AvgIpc) is 3.00. The summed E-state index contributed by atoms with van der Waals surface area (Å²) in [5, 5.41) is 27.6. The van der Waals surface area contributed by atoms with Gasteiger partial charge >= 0.3 is 29.3 Å². The second-order valence-electron chi connectivity index (χ2n) is 7.33. The normalized spacial score (nSPS) is 30.4. The number of rotatable bonds is 9. The Labute approximate surface area is 162 Å². The maximum atomic E-state index is 13.3. The van der Waals surface area contributed by atoms with Crippen LogP contribution in [-0.2, 0) is 15.0 Å². The van der Waals surface area contributed by atoms with Gasteiger partial charge in [-0.15, -0.1) is 0 Å². The molecule has 4 atom stereocenters. The average molecular weight is 417 g/mol. The van der Waals surface area contributed by atoms with E-state index in [9.17, 15) is 18.3 Å². The van der Waals surface area contributed by atoms with Gasteiger partial charge in [0.2, 0.25) is 0 Å². The molecule has 0 radical (unpaired) electrons. The highest BCUT2D eigenvalue weighted by atomic mass is 32.2. The number of hydrogen-bond donors (Lipinski definition) is 5. The van der Waals surface area contributed by atoms with Gasteiger partial charge in [0.15, 0.2) is 0 Å². The van der Waals surface area contributed by atoms with Crippen molar-refractivity contribution in [2.24, 2.45) is 17.4 Å². The highest BCUT2D eigenvalue weighted by Crippen LogP contribution is 2.38. The van der Waals surface area contributed by atoms with E-state index >= 15 is 0 Å². The molecule has 2 heterocycles. The van der Waals surface area contributed by atoms with Crippen LogP contribution in [0.5, 0.6) is 0 Å². The Hall–Kier alpha value is -1.71. The van der Waals surface area contributed by atoms with E-state index in [0.717, 1.165) is 8.61 Å². The van der Waals surface area contributed by atoms with Crippen LogP contribution in [0.2, 0.25) is 6.32 Å². The summed E-state index contributed by atoms with van der Waals surface area (Å²) in [5.74, 6) is -2.01. The highest BCUT2D eigenvalue weighted by molar-refractivity contribution is 7.90. The fourth-order valence-corrected chi connectivity index (χ4v) is 5.40. The maximum Gasteiger partial charge on any atom is 0.451 e. The molecule has 1 aromatic rings. The van der Waals surface area contributed by atoms with Gasteiger partial charge in [-0.1, -0.05) is 6.42 Å². The predicted molar refractivity (Wildman–Crippen MR) is 98.1 cm³/mol. The standard InChI is InChI=1S/C14H24BN5O7S/c16-10-6-11(10)20(13-18-4-5-27-13)28(25,26)19-7-9(2-1-3-15(23)24)14(17,8-19)12(21)22/h4-5,9-11,23-24H,1-3,6-8,16-17H2,(H,21,22)/t9-,10?,11?,14-/m0/s1. The van der Waals surface area contributed by atoms with Gasteiger partial charge < -0.3 is 31.0 Å². The largest absolute Gasteiger partial charge is 0.480 e. The highest BCUT2D eigenvalue weighted by Gasteiger charge is 2.56. The Bertz CT molecular complexity index is 807. The number of aliphatic carboxylic acids is 1. The fraction of sp³-hybridized carbons (Fsp3) is 0.714. The molecular formula is C14H24BN5O7S. The third kappa shape index (κ3) is 3.88. The van der Waals surface area contributed by atoms with Gasteiger partial charge in [-0.25, -0.2) is 9.29 Å². The van der Waals surface area contributed by atoms with Crippen molar-refractivity contribution in [2.75, 3.05) is 17.4 Å². The van der Waals surface area contributed by atoms with E-state index in [2.05, 4.69) is 4.98 Å². The minimum Gasteiger partial charge on any atom is -0.480 e. The number of hydrogen-bond acceptors (Lipinski definition) is 9. The summed E-state index contributed by atoms with van der Waals surface area (Å²) in [6, 6.07) is -1.03. The zero-order chi connectivity index (χ0) is 20.7. The van der Waals surface area contributed by atoms with Crippen LogP contribution in [0, 0.1) is 5.92 Å². The molecule has 3 rings (SSSR count). The minimum absolute atomic E-state index is 0.0400. The van der Waals surface area contributed by atoms with E-state index in [0.29, 0.717) is 12.8 Å². The van der Waals surface area contributed by atoms with Gasteiger partial charge in [-0.3, -0.25) is 4.79 Å². The molecule has 0 bridgehead atoms. The molecule has 28 heavy (non-hydrogen) atoms.